The van der Waals surface area contributed by atoms with Crippen LogP contribution in [-0.2, 0) is 14.6 Å². The van der Waals surface area contributed by atoms with Crippen molar-refractivity contribution in [1.29, 1.82) is 0 Å². The number of hydrogen-bond donors (Lipinski definition) is 1. The number of rotatable bonds is 5. The van der Waals surface area contributed by atoms with Gasteiger partial charge in [0.15, 0.2) is 15.6 Å². The van der Waals surface area contributed by atoms with Crippen molar-refractivity contribution < 1.29 is 23.1 Å². The lowest BCUT2D eigenvalue weighted by molar-refractivity contribution is -0.136. The van der Waals surface area contributed by atoms with Gasteiger partial charge in [-0.3, -0.25) is 9.59 Å². The number of carboxylic acid groups (broad SMARTS) is 1. The van der Waals surface area contributed by atoms with Crippen molar-refractivity contribution >= 4 is 33.2 Å². The van der Waals surface area contributed by atoms with Crippen molar-refractivity contribution in [3.8, 4) is 0 Å². The Morgan fingerprint density at radius 3 is 2.39 bits per heavy atom. The van der Waals surface area contributed by atoms with E-state index in [0.29, 0.717) is 0 Å². The van der Waals surface area contributed by atoms with E-state index in [1.165, 1.54) is 18.2 Å². The van der Waals surface area contributed by atoms with Crippen LogP contribution in [0.25, 0.3) is 0 Å². The summed E-state index contributed by atoms with van der Waals surface area (Å²) in [6.45, 7) is 0. The molecule has 0 heterocycles. The smallest absolute Gasteiger partial charge is 0.303 e. The summed E-state index contributed by atoms with van der Waals surface area (Å²) in [7, 11) is -3.56. The number of Topliss-reactive ketones (excluding diaryl/α,β-unsaturated/α-hetero) is 1. The average molecular weight is 291 g/mol. The normalized spacial score (nSPS) is 11.2. The highest BCUT2D eigenvalue weighted by molar-refractivity contribution is 7.90. The van der Waals surface area contributed by atoms with Crippen LogP contribution in [0.15, 0.2) is 23.1 Å². The highest BCUT2D eigenvalue weighted by Gasteiger charge is 2.19. The van der Waals surface area contributed by atoms with E-state index in [4.69, 9.17) is 16.7 Å². The summed E-state index contributed by atoms with van der Waals surface area (Å²) >= 11 is 5.71. The molecule has 0 aliphatic carbocycles. The van der Waals surface area contributed by atoms with Crippen molar-refractivity contribution in [2.75, 3.05) is 6.26 Å². The lowest BCUT2D eigenvalue weighted by Gasteiger charge is -2.07. The van der Waals surface area contributed by atoms with E-state index in [0.717, 1.165) is 6.26 Å². The van der Waals surface area contributed by atoms with Crippen LogP contribution in [0.4, 0.5) is 0 Å². The molecule has 0 aliphatic heterocycles. The Balaban J connectivity index is 3.18. The van der Waals surface area contributed by atoms with Gasteiger partial charge in [0.1, 0.15) is 0 Å². The number of hydrogen-bond acceptors (Lipinski definition) is 4. The zero-order valence-electron chi connectivity index (χ0n) is 9.51. The maximum Gasteiger partial charge on any atom is 0.303 e. The zero-order chi connectivity index (χ0) is 13.9. The summed E-state index contributed by atoms with van der Waals surface area (Å²) in [5.41, 5.74) is -0.0637. The summed E-state index contributed by atoms with van der Waals surface area (Å²) in [4.78, 5) is 22.0. The van der Waals surface area contributed by atoms with Crippen molar-refractivity contribution in [2.45, 2.75) is 17.7 Å². The van der Waals surface area contributed by atoms with E-state index < -0.39 is 21.6 Å². The van der Waals surface area contributed by atoms with E-state index in [1.54, 1.807) is 0 Å². The SMILES string of the molecule is CS(=O)(=O)c1ccc(Cl)cc1C(=O)CCC(=O)O. The van der Waals surface area contributed by atoms with E-state index in [2.05, 4.69) is 0 Å². The van der Waals surface area contributed by atoms with E-state index in [-0.39, 0.29) is 28.3 Å². The van der Waals surface area contributed by atoms with Crippen molar-refractivity contribution in [3.05, 3.63) is 28.8 Å². The molecular formula is C11H11ClO5S. The molecule has 98 valence electrons. The van der Waals surface area contributed by atoms with Crippen LogP contribution in [0.2, 0.25) is 5.02 Å². The first-order valence-electron chi connectivity index (χ1n) is 4.96. The number of aliphatic carboxylic acids is 1. The number of halogens is 1. The lowest BCUT2D eigenvalue weighted by atomic mass is 10.1. The van der Waals surface area contributed by atoms with Gasteiger partial charge in [-0.25, -0.2) is 8.42 Å². The summed E-state index contributed by atoms with van der Waals surface area (Å²) in [6.07, 6.45) is 0.358. The van der Waals surface area contributed by atoms with Crippen LogP contribution in [-0.4, -0.2) is 31.5 Å². The van der Waals surface area contributed by atoms with Gasteiger partial charge >= 0.3 is 5.97 Å². The molecule has 0 spiro atoms. The molecule has 5 nitrogen and oxygen atoms in total. The minimum absolute atomic E-state index is 0.0637. The third kappa shape index (κ3) is 3.82. The van der Waals surface area contributed by atoms with E-state index in [1.807, 2.05) is 0 Å². The second-order valence-electron chi connectivity index (χ2n) is 3.73. The maximum absolute atomic E-state index is 11.8. The molecule has 0 fully saturated rings. The first kappa shape index (κ1) is 14.7. The molecule has 1 aromatic rings. The molecule has 0 unspecified atom stereocenters. The number of ketones is 1. The molecule has 7 heteroatoms. The first-order valence-corrected chi connectivity index (χ1v) is 7.23. The van der Waals surface area contributed by atoms with Gasteiger partial charge < -0.3 is 5.11 Å². The van der Waals surface area contributed by atoms with Gasteiger partial charge in [0.2, 0.25) is 0 Å². The molecule has 0 radical (unpaired) electrons. The van der Waals surface area contributed by atoms with Gasteiger partial charge in [-0.05, 0) is 18.2 Å². The lowest BCUT2D eigenvalue weighted by Crippen LogP contribution is -2.10. The zero-order valence-corrected chi connectivity index (χ0v) is 11.1. The number of carbonyl (C=O) groups is 2. The monoisotopic (exact) mass is 290 g/mol. The van der Waals surface area contributed by atoms with Crippen LogP contribution in [0.1, 0.15) is 23.2 Å². The van der Waals surface area contributed by atoms with Crippen LogP contribution >= 0.6 is 11.6 Å². The van der Waals surface area contributed by atoms with Crippen LogP contribution < -0.4 is 0 Å². The molecule has 0 aromatic heterocycles. The second kappa shape index (κ2) is 5.49. The molecule has 0 atom stereocenters. The molecule has 0 amide bonds. The summed E-state index contributed by atoms with van der Waals surface area (Å²) < 4.78 is 23.0. The van der Waals surface area contributed by atoms with Gasteiger partial charge in [-0.15, -0.1) is 0 Å². The van der Waals surface area contributed by atoms with Crippen molar-refractivity contribution in [1.82, 2.24) is 0 Å². The molecule has 1 rings (SSSR count). The predicted molar refractivity (Wildman–Crippen MR) is 65.8 cm³/mol. The fourth-order valence-corrected chi connectivity index (χ4v) is 2.46. The highest BCUT2D eigenvalue weighted by Crippen LogP contribution is 2.22. The minimum atomic E-state index is -3.56. The third-order valence-corrected chi connectivity index (χ3v) is 3.60. The predicted octanol–water partition coefficient (Wildman–Crippen LogP) is 1.79. The Hall–Kier alpha value is -1.40. The van der Waals surface area contributed by atoms with Crippen LogP contribution in [0.5, 0.6) is 0 Å². The second-order valence-corrected chi connectivity index (χ2v) is 6.15. The van der Waals surface area contributed by atoms with Gasteiger partial charge in [0.05, 0.1) is 11.3 Å². The Morgan fingerprint density at radius 2 is 1.89 bits per heavy atom. The maximum atomic E-state index is 11.8. The standard InChI is InChI=1S/C11H11ClO5S/c1-18(16,17)10-4-2-7(12)6-8(10)9(13)3-5-11(14)15/h2,4,6H,3,5H2,1H3,(H,14,15). The molecule has 18 heavy (non-hydrogen) atoms. The average Bonchev–Trinajstić information content (AvgIpc) is 2.23. The summed E-state index contributed by atoms with van der Waals surface area (Å²) in [5.74, 6) is -1.67. The minimum Gasteiger partial charge on any atom is -0.481 e. The first-order chi connectivity index (χ1) is 8.21. The Kier molecular flexibility index (Phi) is 4.48. The van der Waals surface area contributed by atoms with Gasteiger partial charge in [0, 0.05) is 23.3 Å². The number of benzene rings is 1. The number of carboxylic acids is 1. The number of sulfone groups is 1. The molecule has 0 saturated heterocycles. The van der Waals surface area contributed by atoms with Gasteiger partial charge in [-0.2, -0.15) is 0 Å². The summed E-state index contributed by atoms with van der Waals surface area (Å²) in [6, 6.07) is 3.85. The Morgan fingerprint density at radius 1 is 1.28 bits per heavy atom. The fourth-order valence-electron chi connectivity index (χ4n) is 1.40. The third-order valence-electron chi connectivity index (χ3n) is 2.21. The Labute approximate surface area is 109 Å². The molecule has 1 N–H and O–H groups in total. The quantitative estimate of drug-likeness (QED) is 0.835. The van der Waals surface area contributed by atoms with Crippen molar-refractivity contribution in [3.63, 3.8) is 0 Å². The van der Waals surface area contributed by atoms with Crippen LogP contribution in [0, 0.1) is 0 Å². The molecule has 0 saturated carbocycles. The number of carbonyl (C=O) groups excluding carboxylic acids is 1. The van der Waals surface area contributed by atoms with E-state index >= 15 is 0 Å². The Bertz CT molecular complexity index is 591. The molecule has 0 aliphatic rings. The summed E-state index contributed by atoms with van der Waals surface area (Å²) in [5, 5.41) is 8.72. The van der Waals surface area contributed by atoms with Crippen LogP contribution in [0.3, 0.4) is 0 Å². The highest BCUT2D eigenvalue weighted by atomic mass is 35.5. The molecule has 1 aromatic carbocycles. The fraction of sp³-hybridized carbons (Fsp3) is 0.273. The molecular weight excluding hydrogens is 280 g/mol. The molecule has 0 bridgehead atoms. The largest absolute Gasteiger partial charge is 0.481 e. The van der Waals surface area contributed by atoms with Gasteiger partial charge in [0.25, 0.3) is 0 Å². The topological polar surface area (TPSA) is 88.5 Å². The van der Waals surface area contributed by atoms with Crippen molar-refractivity contribution in [2.24, 2.45) is 0 Å². The van der Waals surface area contributed by atoms with E-state index in [9.17, 15) is 18.0 Å². The van der Waals surface area contributed by atoms with Gasteiger partial charge in [-0.1, -0.05) is 11.6 Å².